The summed E-state index contributed by atoms with van der Waals surface area (Å²) in [6.07, 6.45) is 0. The molecule has 0 aromatic heterocycles. The fourth-order valence-electron chi connectivity index (χ4n) is 0. The van der Waals surface area contributed by atoms with Crippen LogP contribution in [0, 0.1) is 0 Å². The van der Waals surface area contributed by atoms with Crippen molar-refractivity contribution in [2.45, 2.75) is 0 Å². The zero-order valence-corrected chi connectivity index (χ0v) is 25.4. The average molecular weight is 555 g/mol. The molecule has 0 atom stereocenters. The molecule has 0 bridgehead atoms. The summed E-state index contributed by atoms with van der Waals surface area (Å²) in [5, 5.41) is 0. The van der Waals surface area contributed by atoms with Crippen molar-refractivity contribution in [1.29, 1.82) is 0 Å². The van der Waals surface area contributed by atoms with Gasteiger partial charge in [-0.15, -0.1) is 0 Å². The van der Waals surface area contributed by atoms with Crippen molar-refractivity contribution < 1.29 is 147 Å². The molecule has 0 heterocycles. The van der Waals surface area contributed by atoms with Crippen molar-refractivity contribution in [1.82, 2.24) is 0 Å². The number of phosphoric acid groups is 2. The summed E-state index contributed by atoms with van der Waals surface area (Å²) < 4.78 is 17.8. The molecule has 0 spiro atoms. The van der Waals surface area contributed by atoms with Gasteiger partial charge in [-0.25, -0.2) is 9.13 Å². The summed E-state index contributed by atoms with van der Waals surface area (Å²) >= 11 is 0. The molecule has 0 aromatic rings. The maximum atomic E-state index is 8.88. The molecular formula is H6O10P2Zn5+6. The van der Waals surface area contributed by atoms with Gasteiger partial charge in [-0.2, -0.15) is 0 Å². The standard InChI is InChI=1S/2H3O4P.2O.5Zn/c2*1-5(2,3)4;;;;;;;/h2*(H3,1,2,3,4);;;;;;;/q;;2*-2;5*+2. The van der Waals surface area contributed by atoms with E-state index in [1.165, 1.54) is 0 Å². The van der Waals surface area contributed by atoms with E-state index in [1.807, 2.05) is 0 Å². The predicted octanol–water partition coefficient (Wildman–Crippen LogP) is -2.11. The Morgan fingerprint density at radius 3 is 0.471 bits per heavy atom. The summed E-state index contributed by atoms with van der Waals surface area (Å²) in [4.78, 5) is 43.1. The molecule has 0 aliphatic heterocycles. The van der Waals surface area contributed by atoms with Crippen LogP contribution in [0.3, 0.4) is 0 Å². The summed E-state index contributed by atoms with van der Waals surface area (Å²) in [6.45, 7) is 0. The van der Waals surface area contributed by atoms with Crippen LogP contribution in [0.4, 0.5) is 0 Å². The first-order valence-corrected chi connectivity index (χ1v) is 4.70. The number of rotatable bonds is 0. The van der Waals surface area contributed by atoms with Crippen LogP contribution in [-0.4, -0.2) is 29.4 Å². The van der Waals surface area contributed by atoms with Gasteiger partial charge in [0, 0.05) is 0 Å². The normalized spacial score (nSPS) is 6.94. The minimum Gasteiger partial charge on any atom is -2.00 e. The molecule has 0 saturated carbocycles. The molecule has 80 valence electrons. The SMILES string of the molecule is O=P(O)(O)O.O=P(O)(O)O.[O-2].[O-2].[Zn+2].[Zn+2].[Zn+2].[Zn+2].[Zn+2]. The minimum atomic E-state index is -4.64. The summed E-state index contributed by atoms with van der Waals surface area (Å²) in [5.41, 5.74) is 0. The Hall–Kier alpha value is 3.26. The van der Waals surface area contributed by atoms with E-state index in [4.69, 9.17) is 38.5 Å². The molecule has 0 amide bonds. The zero-order chi connectivity index (χ0) is 9.00. The molecule has 0 aliphatic carbocycles. The molecule has 0 aromatic carbocycles. The van der Waals surface area contributed by atoms with Gasteiger partial charge in [-0.3, -0.25) is 0 Å². The molecule has 6 N–H and O–H groups in total. The van der Waals surface area contributed by atoms with Crippen LogP contribution < -0.4 is 0 Å². The fourth-order valence-corrected chi connectivity index (χ4v) is 0. The van der Waals surface area contributed by atoms with Crippen molar-refractivity contribution in [2.24, 2.45) is 0 Å². The van der Waals surface area contributed by atoms with E-state index in [2.05, 4.69) is 0 Å². The van der Waals surface area contributed by atoms with Crippen LogP contribution in [0.25, 0.3) is 0 Å². The second-order valence-electron chi connectivity index (χ2n) is 1.03. The monoisotopic (exact) mass is 548 g/mol. The van der Waals surface area contributed by atoms with E-state index >= 15 is 0 Å². The van der Waals surface area contributed by atoms with Gasteiger partial charge < -0.3 is 40.3 Å². The quantitative estimate of drug-likeness (QED) is 0.144. The molecule has 0 saturated heterocycles. The van der Waals surface area contributed by atoms with E-state index in [9.17, 15) is 0 Å². The predicted molar refractivity (Wildman–Crippen MR) is 29.9 cm³/mol. The number of hydrogen-bond donors (Lipinski definition) is 6. The van der Waals surface area contributed by atoms with Crippen LogP contribution >= 0.6 is 15.6 Å². The molecule has 0 unspecified atom stereocenters. The molecule has 10 nitrogen and oxygen atoms in total. The van der Waals surface area contributed by atoms with Gasteiger partial charge in [0.25, 0.3) is 0 Å². The smallest absolute Gasteiger partial charge is 2.00 e. The fraction of sp³-hybridized carbons (Fsp3) is 0. The summed E-state index contributed by atoms with van der Waals surface area (Å²) in [5.74, 6) is 0. The summed E-state index contributed by atoms with van der Waals surface area (Å²) in [6, 6.07) is 0. The Kier molecular flexibility index (Phi) is 96.2. The molecule has 17 heteroatoms. The Morgan fingerprint density at radius 2 is 0.471 bits per heavy atom. The van der Waals surface area contributed by atoms with E-state index in [0.717, 1.165) is 0 Å². The first-order chi connectivity index (χ1) is 4.00. The second-order valence-corrected chi connectivity index (χ2v) is 3.08. The molecule has 0 aliphatic rings. The largest absolute Gasteiger partial charge is 2.00 e. The van der Waals surface area contributed by atoms with Gasteiger partial charge in [0.15, 0.2) is 0 Å². The van der Waals surface area contributed by atoms with Gasteiger partial charge >= 0.3 is 113 Å². The van der Waals surface area contributed by atoms with Crippen LogP contribution in [0.1, 0.15) is 0 Å². The van der Waals surface area contributed by atoms with Crippen LogP contribution in [-0.2, 0) is 117 Å². The van der Waals surface area contributed by atoms with Crippen molar-refractivity contribution in [3.05, 3.63) is 0 Å². The van der Waals surface area contributed by atoms with Crippen molar-refractivity contribution in [3.63, 3.8) is 0 Å². The van der Waals surface area contributed by atoms with Crippen LogP contribution in [0.5, 0.6) is 0 Å². The van der Waals surface area contributed by atoms with Gasteiger partial charge in [-0.05, 0) is 0 Å². The third-order valence-electron chi connectivity index (χ3n) is 0. The minimum absolute atomic E-state index is 0. The first-order valence-electron chi connectivity index (χ1n) is 1.57. The Labute approximate surface area is 161 Å². The molecular weight excluding hydrogens is 549 g/mol. The second kappa shape index (κ2) is 27.6. The summed E-state index contributed by atoms with van der Waals surface area (Å²) in [7, 11) is -9.28. The third-order valence-corrected chi connectivity index (χ3v) is 0. The Bertz CT molecular complexity index is 135. The number of hydrogen-bond acceptors (Lipinski definition) is 2. The molecule has 0 rings (SSSR count). The molecule has 0 fully saturated rings. The molecule has 0 radical (unpaired) electrons. The third kappa shape index (κ3) is 541. The van der Waals surface area contributed by atoms with E-state index in [-0.39, 0.29) is 108 Å². The van der Waals surface area contributed by atoms with Gasteiger partial charge in [0.05, 0.1) is 0 Å². The van der Waals surface area contributed by atoms with Gasteiger partial charge in [-0.1, -0.05) is 0 Å². The van der Waals surface area contributed by atoms with Crippen molar-refractivity contribution >= 4 is 15.6 Å². The van der Waals surface area contributed by atoms with Crippen molar-refractivity contribution in [3.8, 4) is 0 Å². The maximum absolute atomic E-state index is 8.88. The topological polar surface area (TPSA) is 213 Å². The van der Waals surface area contributed by atoms with E-state index in [0.29, 0.717) is 0 Å². The molecule has 17 heavy (non-hydrogen) atoms. The van der Waals surface area contributed by atoms with Crippen molar-refractivity contribution in [2.75, 3.05) is 0 Å². The van der Waals surface area contributed by atoms with Crippen LogP contribution in [0.15, 0.2) is 0 Å². The Balaban J connectivity index is -0.00000000762. The maximum Gasteiger partial charge on any atom is 2.00 e. The van der Waals surface area contributed by atoms with E-state index < -0.39 is 15.6 Å². The zero-order valence-electron chi connectivity index (χ0n) is 8.75. The van der Waals surface area contributed by atoms with Gasteiger partial charge in [0.2, 0.25) is 0 Å². The first kappa shape index (κ1) is 59.3. The van der Waals surface area contributed by atoms with E-state index in [1.54, 1.807) is 0 Å². The van der Waals surface area contributed by atoms with Crippen LogP contribution in [0.2, 0.25) is 0 Å². The van der Waals surface area contributed by atoms with Gasteiger partial charge in [0.1, 0.15) is 0 Å². The Morgan fingerprint density at radius 1 is 0.471 bits per heavy atom. The average Bonchev–Trinajstić information content (AvgIpc) is 1.12.